The molecule has 88 valence electrons. The molecule has 0 aromatic heterocycles. The summed E-state index contributed by atoms with van der Waals surface area (Å²) in [6.45, 7) is 9.24. The van der Waals surface area contributed by atoms with Crippen molar-refractivity contribution in [3.05, 3.63) is 11.1 Å². The Bertz CT molecular complexity index is 402. The zero-order valence-corrected chi connectivity index (χ0v) is 10.9. The summed E-state index contributed by atoms with van der Waals surface area (Å²) in [6.07, 6.45) is 4.64. The Hall–Kier alpha value is -0.590. The van der Waals surface area contributed by atoms with Gasteiger partial charge in [-0.15, -0.1) is 0 Å². The van der Waals surface area contributed by atoms with Crippen LogP contribution in [0.25, 0.3) is 0 Å². The minimum absolute atomic E-state index is 0.282. The summed E-state index contributed by atoms with van der Waals surface area (Å²) in [5.41, 5.74) is 3.36. The van der Waals surface area contributed by atoms with Crippen molar-refractivity contribution in [3.8, 4) is 0 Å². The van der Waals surface area contributed by atoms with Crippen molar-refractivity contribution in [2.24, 2.45) is 22.7 Å². The minimum Gasteiger partial charge on any atom is -0.295 e. The largest absolute Gasteiger partial charge is 0.295 e. The van der Waals surface area contributed by atoms with Gasteiger partial charge in [-0.25, -0.2) is 0 Å². The van der Waals surface area contributed by atoms with Crippen LogP contribution in [-0.4, -0.2) is 5.78 Å². The Balaban J connectivity index is 2.20. The van der Waals surface area contributed by atoms with Crippen LogP contribution in [0.2, 0.25) is 0 Å². The van der Waals surface area contributed by atoms with E-state index >= 15 is 0 Å². The third-order valence-corrected chi connectivity index (χ3v) is 5.85. The highest BCUT2D eigenvalue weighted by atomic mass is 16.1. The van der Waals surface area contributed by atoms with Gasteiger partial charge >= 0.3 is 0 Å². The summed E-state index contributed by atoms with van der Waals surface area (Å²) < 4.78 is 0. The summed E-state index contributed by atoms with van der Waals surface area (Å²) >= 11 is 0. The maximum Gasteiger partial charge on any atom is 0.159 e. The molecule has 0 aromatic carbocycles. The molecule has 0 aromatic rings. The van der Waals surface area contributed by atoms with Crippen LogP contribution < -0.4 is 0 Å². The second-order valence-corrected chi connectivity index (χ2v) is 6.94. The molecule has 1 nitrogen and oxygen atoms in total. The molecule has 0 saturated heterocycles. The lowest BCUT2D eigenvalue weighted by Gasteiger charge is -2.35. The first kappa shape index (κ1) is 10.6. The molecule has 0 unspecified atom stereocenters. The van der Waals surface area contributed by atoms with Crippen LogP contribution in [0.4, 0.5) is 0 Å². The maximum absolute atomic E-state index is 12.0. The predicted octanol–water partition coefficient (Wildman–Crippen LogP) is 3.74. The Morgan fingerprint density at radius 3 is 2.56 bits per heavy atom. The van der Waals surface area contributed by atoms with E-state index in [2.05, 4.69) is 27.7 Å². The van der Waals surface area contributed by atoms with E-state index in [1.165, 1.54) is 24.8 Å². The van der Waals surface area contributed by atoms with E-state index in [1.54, 1.807) is 0 Å². The highest BCUT2D eigenvalue weighted by molar-refractivity contribution is 6.00. The molecule has 3 atom stereocenters. The molecule has 3 aliphatic carbocycles. The molecule has 1 spiro atoms. The van der Waals surface area contributed by atoms with Crippen molar-refractivity contribution in [1.82, 2.24) is 0 Å². The second-order valence-electron chi connectivity index (χ2n) is 6.94. The van der Waals surface area contributed by atoms with E-state index in [1.807, 2.05) is 0 Å². The van der Waals surface area contributed by atoms with E-state index < -0.39 is 0 Å². The van der Waals surface area contributed by atoms with Crippen LogP contribution in [0.15, 0.2) is 11.1 Å². The predicted molar refractivity (Wildman–Crippen MR) is 65.0 cm³/mol. The maximum atomic E-state index is 12.0. The fraction of sp³-hybridized carbons (Fsp3) is 0.800. The third kappa shape index (κ3) is 0.959. The number of carbonyl (C=O) groups excluding carboxylic acids is 1. The fourth-order valence-corrected chi connectivity index (χ4v) is 5.07. The standard InChI is InChI=1S/C15H22O/c1-9-5-6-13-14(3,4)7-11-10(2)12(16)8-15(9,11)13/h9,13H,5-8H2,1-4H3/t9-,13-,15+/m0/s1. The van der Waals surface area contributed by atoms with E-state index in [0.29, 0.717) is 11.2 Å². The number of allylic oxidation sites excluding steroid dienone is 2. The van der Waals surface area contributed by atoms with E-state index in [-0.39, 0.29) is 5.41 Å². The van der Waals surface area contributed by atoms with Crippen LogP contribution in [0.3, 0.4) is 0 Å². The van der Waals surface area contributed by atoms with Crippen LogP contribution in [0, 0.1) is 22.7 Å². The number of carbonyl (C=O) groups is 1. The van der Waals surface area contributed by atoms with Crippen molar-refractivity contribution in [2.75, 3.05) is 0 Å². The van der Waals surface area contributed by atoms with Crippen LogP contribution in [0.5, 0.6) is 0 Å². The molecule has 16 heavy (non-hydrogen) atoms. The number of hydrogen-bond donors (Lipinski definition) is 0. The van der Waals surface area contributed by atoms with Crippen molar-refractivity contribution >= 4 is 5.78 Å². The van der Waals surface area contributed by atoms with E-state index in [9.17, 15) is 4.79 Å². The van der Waals surface area contributed by atoms with Gasteiger partial charge in [0.1, 0.15) is 0 Å². The average Bonchev–Trinajstić information content (AvgIpc) is 2.70. The van der Waals surface area contributed by atoms with Crippen molar-refractivity contribution in [1.29, 1.82) is 0 Å². The van der Waals surface area contributed by atoms with Gasteiger partial charge in [-0.2, -0.15) is 0 Å². The fourth-order valence-electron chi connectivity index (χ4n) is 5.07. The number of ketones is 1. The van der Waals surface area contributed by atoms with E-state index in [0.717, 1.165) is 23.8 Å². The highest BCUT2D eigenvalue weighted by Gasteiger charge is 2.64. The molecule has 1 heteroatoms. The lowest BCUT2D eigenvalue weighted by molar-refractivity contribution is -0.116. The van der Waals surface area contributed by atoms with Gasteiger partial charge in [0.25, 0.3) is 0 Å². The molecule has 0 radical (unpaired) electrons. The van der Waals surface area contributed by atoms with Gasteiger partial charge in [0.2, 0.25) is 0 Å². The van der Waals surface area contributed by atoms with Crippen molar-refractivity contribution in [2.45, 2.75) is 53.4 Å². The zero-order valence-electron chi connectivity index (χ0n) is 10.9. The van der Waals surface area contributed by atoms with Gasteiger partial charge in [-0.05, 0) is 49.0 Å². The third-order valence-electron chi connectivity index (χ3n) is 5.85. The first-order chi connectivity index (χ1) is 7.39. The van der Waals surface area contributed by atoms with Gasteiger partial charge in [-0.3, -0.25) is 4.79 Å². The Labute approximate surface area is 98.3 Å². The first-order valence-corrected chi connectivity index (χ1v) is 6.63. The smallest absolute Gasteiger partial charge is 0.159 e. The molecule has 0 amide bonds. The lowest BCUT2D eigenvalue weighted by atomic mass is 9.68. The summed E-state index contributed by atoms with van der Waals surface area (Å²) in [5, 5.41) is 0. The molecular formula is C15H22O. The first-order valence-electron chi connectivity index (χ1n) is 6.63. The molecule has 0 heterocycles. The number of hydrogen-bond acceptors (Lipinski definition) is 1. The van der Waals surface area contributed by atoms with Gasteiger partial charge < -0.3 is 0 Å². The van der Waals surface area contributed by atoms with Crippen molar-refractivity contribution in [3.63, 3.8) is 0 Å². The number of rotatable bonds is 0. The molecule has 3 rings (SSSR count). The van der Waals surface area contributed by atoms with Gasteiger partial charge in [-0.1, -0.05) is 26.3 Å². The molecule has 0 N–H and O–H groups in total. The van der Waals surface area contributed by atoms with Crippen LogP contribution in [-0.2, 0) is 4.79 Å². The van der Waals surface area contributed by atoms with Crippen LogP contribution in [0.1, 0.15) is 53.4 Å². The Morgan fingerprint density at radius 2 is 1.88 bits per heavy atom. The quantitative estimate of drug-likeness (QED) is 0.605. The van der Waals surface area contributed by atoms with E-state index in [4.69, 9.17) is 0 Å². The highest BCUT2D eigenvalue weighted by Crippen LogP contribution is 2.71. The minimum atomic E-state index is 0.282. The summed E-state index contributed by atoms with van der Waals surface area (Å²) in [5.74, 6) is 1.91. The molecule has 2 fully saturated rings. The van der Waals surface area contributed by atoms with Gasteiger partial charge in [0, 0.05) is 11.8 Å². The lowest BCUT2D eigenvalue weighted by Crippen LogP contribution is -2.31. The summed E-state index contributed by atoms with van der Waals surface area (Å²) in [6, 6.07) is 0. The molecule has 0 aliphatic heterocycles. The summed E-state index contributed by atoms with van der Waals surface area (Å²) in [4.78, 5) is 12.0. The average molecular weight is 218 g/mol. The molecular weight excluding hydrogens is 196 g/mol. The Morgan fingerprint density at radius 1 is 1.19 bits per heavy atom. The van der Waals surface area contributed by atoms with Gasteiger partial charge in [0.05, 0.1) is 0 Å². The monoisotopic (exact) mass is 218 g/mol. The summed E-state index contributed by atoms with van der Waals surface area (Å²) in [7, 11) is 0. The SMILES string of the molecule is CC1=C2CC(C)(C)[C@@H]3CC[C@H](C)[C@]23CC1=O. The molecule has 2 saturated carbocycles. The van der Waals surface area contributed by atoms with Crippen LogP contribution >= 0.6 is 0 Å². The zero-order chi connectivity index (χ0) is 11.7. The topological polar surface area (TPSA) is 17.1 Å². The Kier molecular flexibility index (Phi) is 1.85. The normalized spacial score (nSPS) is 45.1. The second kappa shape index (κ2) is 2.80. The number of Topliss-reactive ketones (excluding diaryl/α,β-unsaturated/α-hetero) is 1. The molecule has 0 bridgehead atoms. The molecule has 3 aliphatic rings. The van der Waals surface area contributed by atoms with Gasteiger partial charge in [0.15, 0.2) is 5.78 Å². The van der Waals surface area contributed by atoms with Crippen molar-refractivity contribution < 1.29 is 4.79 Å².